The lowest BCUT2D eigenvalue weighted by Gasteiger charge is -2.12. The van der Waals surface area contributed by atoms with Crippen LogP contribution in [0.4, 0.5) is 0 Å². The van der Waals surface area contributed by atoms with Crippen molar-refractivity contribution in [3.63, 3.8) is 0 Å². The predicted molar refractivity (Wildman–Crippen MR) is 54.7 cm³/mol. The van der Waals surface area contributed by atoms with Crippen LogP contribution in [0.3, 0.4) is 0 Å². The highest BCUT2D eigenvalue weighted by Gasteiger charge is 2.11. The van der Waals surface area contributed by atoms with E-state index in [1.165, 1.54) is 0 Å². The van der Waals surface area contributed by atoms with E-state index in [1.807, 2.05) is 19.9 Å². The number of hydrogen-bond donors (Lipinski definition) is 1. The van der Waals surface area contributed by atoms with Crippen LogP contribution < -0.4 is 15.2 Å². The van der Waals surface area contributed by atoms with Gasteiger partial charge in [-0.3, -0.25) is 0 Å². The monoisotopic (exact) mass is 196 g/mol. The number of pyridine rings is 1. The maximum Gasteiger partial charge on any atom is 0.220 e. The van der Waals surface area contributed by atoms with E-state index >= 15 is 0 Å². The zero-order valence-corrected chi connectivity index (χ0v) is 9.00. The molecule has 0 amide bonds. The molecule has 0 saturated carbocycles. The summed E-state index contributed by atoms with van der Waals surface area (Å²) in [5.41, 5.74) is 7.39. The fraction of sp³-hybridized carbons (Fsp3) is 0.500. The molecular weight excluding hydrogens is 180 g/mol. The lowest BCUT2D eigenvalue weighted by Crippen LogP contribution is -2.09. The van der Waals surface area contributed by atoms with E-state index in [0.717, 1.165) is 17.0 Å². The van der Waals surface area contributed by atoms with Crippen molar-refractivity contribution in [1.29, 1.82) is 0 Å². The van der Waals surface area contributed by atoms with Gasteiger partial charge in [0.05, 0.1) is 25.5 Å². The first-order valence-electron chi connectivity index (χ1n) is 4.45. The molecule has 0 aliphatic carbocycles. The summed E-state index contributed by atoms with van der Waals surface area (Å²) < 4.78 is 10.3. The summed E-state index contributed by atoms with van der Waals surface area (Å²) >= 11 is 0. The SMILES string of the molecule is COc1cc(C(C)N)nc(OC)c1C. The van der Waals surface area contributed by atoms with Gasteiger partial charge in [0.2, 0.25) is 5.88 Å². The Morgan fingerprint density at radius 1 is 1.36 bits per heavy atom. The Morgan fingerprint density at radius 3 is 2.43 bits per heavy atom. The summed E-state index contributed by atoms with van der Waals surface area (Å²) in [5, 5.41) is 0. The van der Waals surface area contributed by atoms with E-state index < -0.39 is 0 Å². The molecule has 0 spiro atoms. The zero-order valence-electron chi connectivity index (χ0n) is 9.00. The maximum atomic E-state index is 5.74. The van der Waals surface area contributed by atoms with Crippen LogP contribution >= 0.6 is 0 Å². The Morgan fingerprint density at radius 2 is 2.00 bits per heavy atom. The van der Waals surface area contributed by atoms with Crippen molar-refractivity contribution in [3.8, 4) is 11.6 Å². The number of ether oxygens (including phenoxy) is 2. The van der Waals surface area contributed by atoms with E-state index in [2.05, 4.69) is 4.98 Å². The number of rotatable bonds is 3. The highest BCUT2D eigenvalue weighted by molar-refractivity contribution is 5.41. The molecule has 2 N–H and O–H groups in total. The lowest BCUT2D eigenvalue weighted by molar-refractivity contribution is 0.373. The first-order chi connectivity index (χ1) is 6.60. The quantitative estimate of drug-likeness (QED) is 0.794. The van der Waals surface area contributed by atoms with Crippen LogP contribution in [0.2, 0.25) is 0 Å². The van der Waals surface area contributed by atoms with Gasteiger partial charge >= 0.3 is 0 Å². The van der Waals surface area contributed by atoms with Crippen molar-refractivity contribution in [2.24, 2.45) is 5.73 Å². The van der Waals surface area contributed by atoms with Crippen LogP contribution in [0.25, 0.3) is 0 Å². The van der Waals surface area contributed by atoms with Gasteiger partial charge in [-0.05, 0) is 13.8 Å². The van der Waals surface area contributed by atoms with Gasteiger partial charge in [-0.15, -0.1) is 0 Å². The van der Waals surface area contributed by atoms with Crippen LogP contribution in [0.5, 0.6) is 11.6 Å². The molecular formula is C10H16N2O2. The van der Waals surface area contributed by atoms with Crippen molar-refractivity contribution in [2.75, 3.05) is 14.2 Å². The number of nitrogens with zero attached hydrogens (tertiary/aromatic N) is 1. The molecule has 1 aromatic heterocycles. The molecule has 0 radical (unpaired) electrons. The Balaban J connectivity index is 3.25. The second kappa shape index (κ2) is 4.28. The minimum atomic E-state index is -0.126. The normalized spacial score (nSPS) is 12.4. The van der Waals surface area contributed by atoms with E-state index in [1.54, 1.807) is 14.2 Å². The van der Waals surface area contributed by atoms with Crippen LogP contribution in [0.1, 0.15) is 24.2 Å². The lowest BCUT2D eigenvalue weighted by atomic mass is 10.2. The Labute approximate surface area is 84.0 Å². The van der Waals surface area contributed by atoms with Crippen molar-refractivity contribution >= 4 is 0 Å². The van der Waals surface area contributed by atoms with E-state index in [9.17, 15) is 0 Å². The Hall–Kier alpha value is -1.29. The molecule has 1 unspecified atom stereocenters. The highest BCUT2D eigenvalue weighted by Crippen LogP contribution is 2.27. The summed E-state index contributed by atoms with van der Waals surface area (Å²) in [6.07, 6.45) is 0. The summed E-state index contributed by atoms with van der Waals surface area (Å²) in [7, 11) is 3.20. The fourth-order valence-corrected chi connectivity index (χ4v) is 1.23. The van der Waals surface area contributed by atoms with Crippen LogP contribution in [-0.4, -0.2) is 19.2 Å². The molecule has 78 valence electrons. The van der Waals surface area contributed by atoms with Gasteiger partial charge in [0.1, 0.15) is 5.75 Å². The fourth-order valence-electron chi connectivity index (χ4n) is 1.23. The standard InChI is InChI=1S/C10H16N2O2/c1-6-9(13-3)5-8(7(2)11)12-10(6)14-4/h5,7H,11H2,1-4H3. The third-order valence-corrected chi connectivity index (χ3v) is 2.08. The van der Waals surface area contributed by atoms with Gasteiger partial charge in [-0.1, -0.05) is 0 Å². The molecule has 0 aliphatic rings. The Bertz CT molecular complexity index is 299. The van der Waals surface area contributed by atoms with Crippen molar-refractivity contribution in [1.82, 2.24) is 4.98 Å². The van der Waals surface area contributed by atoms with Gasteiger partial charge in [0.15, 0.2) is 0 Å². The summed E-state index contributed by atoms with van der Waals surface area (Å²) in [4.78, 5) is 4.27. The van der Waals surface area contributed by atoms with Gasteiger partial charge < -0.3 is 15.2 Å². The minimum Gasteiger partial charge on any atom is -0.496 e. The summed E-state index contributed by atoms with van der Waals surface area (Å²) in [5.74, 6) is 1.32. The first-order valence-corrected chi connectivity index (χ1v) is 4.45. The molecule has 14 heavy (non-hydrogen) atoms. The van der Waals surface area contributed by atoms with Gasteiger partial charge in [0.25, 0.3) is 0 Å². The van der Waals surface area contributed by atoms with Crippen molar-refractivity contribution in [2.45, 2.75) is 19.9 Å². The van der Waals surface area contributed by atoms with Crippen molar-refractivity contribution < 1.29 is 9.47 Å². The molecule has 1 heterocycles. The van der Waals surface area contributed by atoms with E-state index in [0.29, 0.717) is 5.88 Å². The van der Waals surface area contributed by atoms with Gasteiger partial charge in [-0.2, -0.15) is 0 Å². The van der Waals surface area contributed by atoms with Crippen LogP contribution in [-0.2, 0) is 0 Å². The number of aromatic nitrogens is 1. The largest absolute Gasteiger partial charge is 0.496 e. The molecule has 4 nitrogen and oxygen atoms in total. The smallest absolute Gasteiger partial charge is 0.220 e. The molecule has 0 saturated heterocycles. The average molecular weight is 196 g/mol. The number of methoxy groups -OCH3 is 2. The Kier molecular flexibility index (Phi) is 3.30. The second-order valence-electron chi connectivity index (χ2n) is 3.17. The molecule has 0 bridgehead atoms. The van der Waals surface area contributed by atoms with E-state index in [4.69, 9.17) is 15.2 Å². The number of hydrogen-bond acceptors (Lipinski definition) is 4. The van der Waals surface area contributed by atoms with Crippen LogP contribution in [0, 0.1) is 6.92 Å². The van der Waals surface area contributed by atoms with Crippen molar-refractivity contribution in [3.05, 3.63) is 17.3 Å². The summed E-state index contributed by atoms with van der Waals surface area (Å²) in [6, 6.07) is 1.71. The van der Waals surface area contributed by atoms with Gasteiger partial charge in [0, 0.05) is 12.1 Å². The van der Waals surface area contributed by atoms with E-state index in [-0.39, 0.29) is 6.04 Å². The predicted octanol–water partition coefficient (Wildman–Crippen LogP) is 1.43. The molecule has 1 atom stereocenters. The average Bonchev–Trinajstić information content (AvgIpc) is 2.17. The third-order valence-electron chi connectivity index (χ3n) is 2.08. The molecule has 0 aromatic carbocycles. The minimum absolute atomic E-state index is 0.126. The molecule has 1 aromatic rings. The summed E-state index contributed by atoms with van der Waals surface area (Å²) in [6.45, 7) is 3.77. The highest BCUT2D eigenvalue weighted by atomic mass is 16.5. The number of nitrogens with two attached hydrogens (primary N) is 1. The molecule has 0 aliphatic heterocycles. The molecule has 4 heteroatoms. The maximum absolute atomic E-state index is 5.74. The first kappa shape index (κ1) is 10.8. The third kappa shape index (κ3) is 1.96. The van der Waals surface area contributed by atoms with Crippen LogP contribution in [0.15, 0.2) is 6.07 Å². The molecule has 0 fully saturated rings. The molecule has 1 rings (SSSR count). The second-order valence-corrected chi connectivity index (χ2v) is 3.17. The zero-order chi connectivity index (χ0) is 10.7. The topological polar surface area (TPSA) is 57.4 Å². The van der Waals surface area contributed by atoms with Gasteiger partial charge in [-0.25, -0.2) is 4.98 Å².